The van der Waals surface area contributed by atoms with Gasteiger partial charge in [-0.05, 0) is 37.4 Å². The first-order valence-electron chi connectivity index (χ1n) is 8.66. The van der Waals surface area contributed by atoms with Gasteiger partial charge >= 0.3 is 0 Å². The van der Waals surface area contributed by atoms with Crippen LogP contribution in [0.1, 0.15) is 30.2 Å². The van der Waals surface area contributed by atoms with Gasteiger partial charge in [-0.3, -0.25) is 0 Å². The van der Waals surface area contributed by atoms with Crippen molar-refractivity contribution in [3.05, 3.63) is 54.0 Å². The highest BCUT2D eigenvalue weighted by molar-refractivity contribution is 5.33. The number of aliphatic hydroxyl groups is 1. The molecule has 0 radical (unpaired) electrons. The maximum atomic E-state index is 10.3. The number of benzene rings is 1. The topological polar surface area (TPSA) is 85.1 Å². The van der Waals surface area contributed by atoms with E-state index >= 15 is 0 Å². The van der Waals surface area contributed by atoms with Crippen LogP contribution in [0.5, 0.6) is 0 Å². The number of nitriles is 1. The first-order valence-corrected chi connectivity index (χ1v) is 8.66. The number of piperidine rings is 1. The Bertz CT molecular complexity index is 690. The lowest BCUT2D eigenvalue weighted by Crippen LogP contribution is -2.38. The minimum absolute atomic E-state index is 0.329. The number of aromatic nitrogens is 2. The van der Waals surface area contributed by atoms with Crippen LogP contribution >= 0.6 is 0 Å². The summed E-state index contributed by atoms with van der Waals surface area (Å²) in [6.45, 7) is 3.53. The lowest BCUT2D eigenvalue weighted by atomic mass is 9.96. The van der Waals surface area contributed by atoms with Gasteiger partial charge in [-0.15, -0.1) is 0 Å². The maximum absolute atomic E-state index is 10.3. The number of anilines is 1. The van der Waals surface area contributed by atoms with Crippen LogP contribution < -0.4 is 5.32 Å². The summed E-state index contributed by atoms with van der Waals surface area (Å²) in [5.74, 6) is 1.29. The van der Waals surface area contributed by atoms with E-state index < -0.39 is 6.10 Å². The number of likely N-dealkylation sites (tertiary alicyclic amines) is 1. The summed E-state index contributed by atoms with van der Waals surface area (Å²) in [6.07, 6.45) is 4.85. The van der Waals surface area contributed by atoms with E-state index in [2.05, 4.69) is 20.2 Å². The van der Waals surface area contributed by atoms with Crippen LogP contribution in [0.25, 0.3) is 0 Å². The van der Waals surface area contributed by atoms with Gasteiger partial charge in [0.1, 0.15) is 11.9 Å². The highest BCUT2D eigenvalue weighted by atomic mass is 16.3. The largest absolute Gasteiger partial charge is 0.387 e. The highest BCUT2D eigenvalue weighted by Gasteiger charge is 2.21. The second kappa shape index (κ2) is 8.56. The second-order valence-corrected chi connectivity index (χ2v) is 6.45. The van der Waals surface area contributed by atoms with Gasteiger partial charge in [-0.1, -0.05) is 30.3 Å². The van der Waals surface area contributed by atoms with Crippen molar-refractivity contribution in [2.75, 3.05) is 31.5 Å². The first kappa shape index (κ1) is 17.3. The number of aliphatic hydroxyl groups excluding tert-OH is 1. The molecule has 1 aliphatic heterocycles. The van der Waals surface area contributed by atoms with E-state index in [0.717, 1.165) is 38.0 Å². The number of rotatable bonds is 6. The molecule has 2 aromatic rings. The van der Waals surface area contributed by atoms with Crippen molar-refractivity contribution >= 4 is 5.82 Å². The molecule has 1 atom stereocenters. The molecule has 2 N–H and O–H groups in total. The van der Waals surface area contributed by atoms with Gasteiger partial charge in [0.25, 0.3) is 0 Å². The van der Waals surface area contributed by atoms with Gasteiger partial charge in [0, 0.05) is 13.1 Å². The Balaban J connectivity index is 1.40. The zero-order chi connectivity index (χ0) is 17.5. The molecule has 3 rings (SSSR count). The first-order chi connectivity index (χ1) is 12.2. The lowest BCUT2D eigenvalue weighted by Gasteiger charge is -2.33. The Morgan fingerprint density at radius 3 is 2.60 bits per heavy atom. The summed E-state index contributed by atoms with van der Waals surface area (Å²) in [4.78, 5) is 10.5. The van der Waals surface area contributed by atoms with E-state index in [1.165, 1.54) is 6.20 Å². The summed E-state index contributed by atoms with van der Waals surface area (Å²) < 4.78 is 0. The third-order valence-electron chi connectivity index (χ3n) is 4.66. The standard InChI is InChI=1S/C19H23N5O/c20-10-17-12-23-19(13-21-17)22-11-15-6-8-24(9-7-15)14-18(25)16-4-2-1-3-5-16/h1-5,12-13,15,18,25H,6-9,11,14H2,(H,22,23). The van der Waals surface area contributed by atoms with E-state index in [-0.39, 0.29) is 0 Å². The Hall–Kier alpha value is -2.49. The average Bonchev–Trinajstić information content (AvgIpc) is 2.68. The third-order valence-corrected chi connectivity index (χ3v) is 4.66. The quantitative estimate of drug-likeness (QED) is 0.840. The Morgan fingerprint density at radius 1 is 1.20 bits per heavy atom. The monoisotopic (exact) mass is 337 g/mol. The number of nitrogens with zero attached hydrogens (tertiary/aromatic N) is 4. The minimum atomic E-state index is -0.426. The van der Waals surface area contributed by atoms with Crippen LogP contribution in [-0.2, 0) is 0 Å². The molecular formula is C19H23N5O. The summed E-state index contributed by atoms with van der Waals surface area (Å²) in [7, 11) is 0. The fourth-order valence-corrected chi connectivity index (χ4v) is 3.12. The van der Waals surface area contributed by atoms with Gasteiger partial charge in [0.15, 0.2) is 5.69 Å². The maximum Gasteiger partial charge on any atom is 0.158 e. The highest BCUT2D eigenvalue weighted by Crippen LogP contribution is 2.21. The molecule has 1 aliphatic rings. The van der Waals surface area contributed by atoms with Crippen LogP contribution in [0, 0.1) is 17.2 Å². The van der Waals surface area contributed by atoms with Crippen molar-refractivity contribution in [3.63, 3.8) is 0 Å². The minimum Gasteiger partial charge on any atom is -0.387 e. The van der Waals surface area contributed by atoms with Crippen LogP contribution in [0.2, 0.25) is 0 Å². The molecule has 1 aromatic carbocycles. The van der Waals surface area contributed by atoms with Gasteiger partial charge in [0.2, 0.25) is 0 Å². The molecule has 6 nitrogen and oxygen atoms in total. The van der Waals surface area contributed by atoms with E-state index in [1.54, 1.807) is 6.20 Å². The molecule has 6 heteroatoms. The van der Waals surface area contributed by atoms with E-state index in [1.807, 2.05) is 36.4 Å². The molecule has 1 unspecified atom stereocenters. The molecule has 0 bridgehead atoms. The van der Waals surface area contributed by atoms with Crippen LogP contribution in [0.3, 0.4) is 0 Å². The normalized spacial score (nSPS) is 17.0. The Morgan fingerprint density at radius 2 is 1.96 bits per heavy atom. The third kappa shape index (κ3) is 4.99. The molecule has 0 saturated carbocycles. The predicted molar refractivity (Wildman–Crippen MR) is 95.8 cm³/mol. The van der Waals surface area contributed by atoms with Gasteiger partial charge < -0.3 is 15.3 Å². The van der Waals surface area contributed by atoms with Crippen molar-refractivity contribution in [2.24, 2.45) is 5.92 Å². The zero-order valence-electron chi connectivity index (χ0n) is 14.2. The smallest absolute Gasteiger partial charge is 0.158 e. The number of hydrogen-bond acceptors (Lipinski definition) is 6. The molecule has 1 fully saturated rings. The molecule has 1 saturated heterocycles. The average molecular weight is 337 g/mol. The molecule has 130 valence electrons. The van der Waals surface area contributed by atoms with Crippen molar-refractivity contribution in [1.29, 1.82) is 5.26 Å². The van der Waals surface area contributed by atoms with Crippen molar-refractivity contribution in [1.82, 2.24) is 14.9 Å². The molecule has 25 heavy (non-hydrogen) atoms. The van der Waals surface area contributed by atoms with Gasteiger partial charge in [-0.2, -0.15) is 5.26 Å². The van der Waals surface area contributed by atoms with Crippen molar-refractivity contribution in [3.8, 4) is 6.07 Å². The van der Waals surface area contributed by atoms with Crippen LogP contribution in [0.4, 0.5) is 5.82 Å². The number of hydrogen-bond donors (Lipinski definition) is 2. The summed E-state index contributed by atoms with van der Waals surface area (Å²) in [5.41, 5.74) is 1.31. The van der Waals surface area contributed by atoms with Crippen molar-refractivity contribution in [2.45, 2.75) is 18.9 Å². The molecule has 2 heterocycles. The summed E-state index contributed by atoms with van der Waals surface area (Å²) in [5, 5.41) is 22.4. The van der Waals surface area contributed by atoms with Crippen LogP contribution in [-0.4, -0.2) is 46.2 Å². The Labute approximate surface area is 148 Å². The molecule has 0 amide bonds. The van der Waals surface area contributed by atoms with E-state index in [0.29, 0.717) is 24.0 Å². The molecule has 1 aromatic heterocycles. The summed E-state index contributed by atoms with van der Waals surface area (Å²) in [6, 6.07) is 11.8. The molecule has 0 aliphatic carbocycles. The summed E-state index contributed by atoms with van der Waals surface area (Å²) >= 11 is 0. The molecule has 0 spiro atoms. The van der Waals surface area contributed by atoms with Crippen LogP contribution in [0.15, 0.2) is 42.7 Å². The van der Waals surface area contributed by atoms with E-state index in [9.17, 15) is 5.11 Å². The predicted octanol–water partition coefficient (Wildman–Crippen LogP) is 2.21. The second-order valence-electron chi connectivity index (χ2n) is 6.45. The Kier molecular flexibility index (Phi) is 5.94. The fraction of sp³-hybridized carbons (Fsp3) is 0.421. The van der Waals surface area contributed by atoms with Crippen molar-refractivity contribution < 1.29 is 5.11 Å². The zero-order valence-corrected chi connectivity index (χ0v) is 14.2. The number of β-amino-alcohol motifs (C(OH)–C–C–N with tert-alkyl or cyclic N) is 1. The SMILES string of the molecule is N#Cc1cnc(NCC2CCN(CC(O)c3ccccc3)CC2)cn1. The van der Waals surface area contributed by atoms with Gasteiger partial charge in [0.05, 0.1) is 18.5 Å². The lowest BCUT2D eigenvalue weighted by molar-refractivity contribution is 0.0909. The molecular weight excluding hydrogens is 314 g/mol. The van der Waals surface area contributed by atoms with E-state index in [4.69, 9.17) is 5.26 Å². The van der Waals surface area contributed by atoms with Gasteiger partial charge in [-0.25, -0.2) is 9.97 Å². The fourth-order valence-electron chi connectivity index (χ4n) is 3.12. The number of nitrogens with one attached hydrogen (secondary N) is 1.